The average molecular weight is 363 g/mol. The van der Waals surface area contributed by atoms with Gasteiger partial charge in [0.15, 0.2) is 10.9 Å². The summed E-state index contributed by atoms with van der Waals surface area (Å²) in [5.41, 5.74) is 4.63. The predicted octanol–water partition coefficient (Wildman–Crippen LogP) is 2.30. The molecule has 0 radical (unpaired) electrons. The second-order valence-electron chi connectivity index (χ2n) is 5.96. The maximum atomic E-state index is 11.8. The Kier molecular flexibility index (Phi) is 5.75. The number of carbonyl (C=O) groups is 2. The van der Waals surface area contributed by atoms with Crippen molar-refractivity contribution in [2.24, 2.45) is 0 Å². The lowest BCUT2D eigenvalue weighted by Crippen LogP contribution is -2.41. The number of carbonyl (C=O) groups excluding carboxylic acids is 2. The SMILES string of the molecule is CC(=O)NNC(=O)CSc1nnc(-c2ccco2)n1C1CCCCC1. The zero-order valence-corrected chi connectivity index (χ0v) is 14.8. The fraction of sp³-hybridized carbons (Fsp3) is 0.500. The van der Waals surface area contributed by atoms with Gasteiger partial charge in [-0.05, 0) is 25.0 Å². The lowest BCUT2D eigenvalue weighted by molar-refractivity contribution is -0.126. The summed E-state index contributed by atoms with van der Waals surface area (Å²) in [6.45, 7) is 1.34. The smallest absolute Gasteiger partial charge is 0.248 e. The molecule has 1 fully saturated rings. The summed E-state index contributed by atoms with van der Waals surface area (Å²) in [7, 11) is 0. The molecular weight excluding hydrogens is 342 g/mol. The molecule has 0 atom stereocenters. The van der Waals surface area contributed by atoms with Crippen molar-refractivity contribution in [2.75, 3.05) is 5.75 Å². The van der Waals surface area contributed by atoms with Crippen LogP contribution >= 0.6 is 11.8 Å². The third-order valence-corrected chi connectivity index (χ3v) is 5.00. The van der Waals surface area contributed by atoms with Crippen molar-refractivity contribution in [1.82, 2.24) is 25.6 Å². The van der Waals surface area contributed by atoms with Gasteiger partial charge in [-0.2, -0.15) is 0 Å². The largest absolute Gasteiger partial charge is 0.461 e. The molecule has 1 saturated carbocycles. The van der Waals surface area contributed by atoms with E-state index in [4.69, 9.17) is 4.42 Å². The summed E-state index contributed by atoms with van der Waals surface area (Å²) in [4.78, 5) is 22.7. The Morgan fingerprint density at radius 1 is 1.28 bits per heavy atom. The van der Waals surface area contributed by atoms with Crippen LogP contribution in [0.2, 0.25) is 0 Å². The summed E-state index contributed by atoms with van der Waals surface area (Å²) in [6.07, 6.45) is 7.34. The van der Waals surface area contributed by atoms with Crippen molar-refractivity contribution in [3.8, 4) is 11.6 Å². The topological polar surface area (TPSA) is 102 Å². The second kappa shape index (κ2) is 8.19. The van der Waals surface area contributed by atoms with E-state index >= 15 is 0 Å². The van der Waals surface area contributed by atoms with Crippen molar-refractivity contribution in [3.05, 3.63) is 18.4 Å². The molecule has 0 saturated heterocycles. The minimum absolute atomic E-state index is 0.142. The molecule has 134 valence electrons. The van der Waals surface area contributed by atoms with Crippen LogP contribution in [0.25, 0.3) is 11.6 Å². The molecule has 0 spiro atoms. The average Bonchev–Trinajstić information content (AvgIpc) is 3.28. The number of aromatic nitrogens is 3. The van der Waals surface area contributed by atoms with Crippen molar-refractivity contribution in [3.63, 3.8) is 0 Å². The van der Waals surface area contributed by atoms with Crippen LogP contribution in [-0.2, 0) is 9.59 Å². The van der Waals surface area contributed by atoms with E-state index in [1.165, 1.54) is 37.9 Å². The van der Waals surface area contributed by atoms with E-state index in [1.807, 2.05) is 12.1 Å². The second-order valence-corrected chi connectivity index (χ2v) is 6.91. The number of hydrogen-bond donors (Lipinski definition) is 2. The van der Waals surface area contributed by atoms with Crippen LogP contribution in [0, 0.1) is 0 Å². The van der Waals surface area contributed by atoms with Gasteiger partial charge >= 0.3 is 0 Å². The Hall–Kier alpha value is -2.29. The summed E-state index contributed by atoms with van der Waals surface area (Å²) in [5.74, 6) is 0.902. The molecule has 2 amide bonds. The number of hydrazine groups is 1. The van der Waals surface area contributed by atoms with Gasteiger partial charge in [0.25, 0.3) is 0 Å². The quantitative estimate of drug-likeness (QED) is 0.624. The highest BCUT2D eigenvalue weighted by Gasteiger charge is 2.25. The standard InChI is InChI=1S/C16H21N5O3S/c1-11(22)17-18-14(23)10-25-16-20-19-15(13-8-5-9-24-13)21(16)12-6-3-2-4-7-12/h5,8-9,12H,2-4,6-7,10H2,1H3,(H,17,22)(H,18,23). The van der Waals surface area contributed by atoms with Crippen LogP contribution in [0.4, 0.5) is 0 Å². The van der Waals surface area contributed by atoms with E-state index in [-0.39, 0.29) is 17.6 Å². The van der Waals surface area contributed by atoms with E-state index in [2.05, 4.69) is 25.6 Å². The highest BCUT2D eigenvalue weighted by molar-refractivity contribution is 7.99. The number of furan rings is 1. The molecule has 0 bridgehead atoms. The van der Waals surface area contributed by atoms with Crippen LogP contribution < -0.4 is 10.9 Å². The predicted molar refractivity (Wildman–Crippen MR) is 92.5 cm³/mol. The molecule has 2 heterocycles. The monoisotopic (exact) mass is 363 g/mol. The van der Waals surface area contributed by atoms with Gasteiger partial charge in [-0.3, -0.25) is 25.0 Å². The molecule has 0 unspecified atom stereocenters. The van der Waals surface area contributed by atoms with Crippen molar-refractivity contribution >= 4 is 23.6 Å². The number of thioether (sulfide) groups is 1. The zero-order chi connectivity index (χ0) is 17.6. The Morgan fingerprint density at radius 2 is 2.08 bits per heavy atom. The van der Waals surface area contributed by atoms with Crippen LogP contribution in [0.1, 0.15) is 45.1 Å². The first-order valence-corrected chi connectivity index (χ1v) is 9.30. The van der Waals surface area contributed by atoms with E-state index in [1.54, 1.807) is 6.26 Å². The molecule has 9 heteroatoms. The number of amides is 2. The Morgan fingerprint density at radius 3 is 2.76 bits per heavy atom. The van der Waals surface area contributed by atoms with Gasteiger partial charge in [0.1, 0.15) is 0 Å². The maximum Gasteiger partial charge on any atom is 0.248 e. The summed E-state index contributed by atoms with van der Waals surface area (Å²) in [6, 6.07) is 3.99. The van der Waals surface area contributed by atoms with Crippen LogP contribution in [0.15, 0.2) is 28.0 Å². The summed E-state index contributed by atoms with van der Waals surface area (Å²) < 4.78 is 7.59. The minimum atomic E-state index is -0.316. The Balaban J connectivity index is 1.76. The number of nitrogens with one attached hydrogen (secondary N) is 2. The van der Waals surface area contributed by atoms with Gasteiger partial charge < -0.3 is 4.42 Å². The fourth-order valence-electron chi connectivity index (χ4n) is 2.94. The summed E-state index contributed by atoms with van der Waals surface area (Å²) >= 11 is 1.30. The highest BCUT2D eigenvalue weighted by atomic mass is 32.2. The zero-order valence-electron chi connectivity index (χ0n) is 14.0. The normalized spacial score (nSPS) is 15.1. The van der Waals surface area contributed by atoms with Gasteiger partial charge in [-0.15, -0.1) is 10.2 Å². The number of hydrogen-bond acceptors (Lipinski definition) is 6. The highest BCUT2D eigenvalue weighted by Crippen LogP contribution is 2.35. The molecule has 1 aliphatic carbocycles. The van der Waals surface area contributed by atoms with Crippen LogP contribution in [0.5, 0.6) is 0 Å². The minimum Gasteiger partial charge on any atom is -0.461 e. The van der Waals surface area contributed by atoms with Crippen molar-refractivity contribution in [1.29, 1.82) is 0 Å². The van der Waals surface area contributed by atoms with E-state index in [0.29, 0.717) is 22.8 Å². The molecule has 2 N–H and O–H groups in total. The first kappa shape index (κ1) is 17.5. The van der Waals surface area contributed by atoms with Crippen molar-refractivity contribution < 1.29 is 14.0 Å². The lowest BCUT2D eigenvalue weighted by Gasteiger charge is -2.25. The van der Waals surface area contributed by atoms with Crippen molar-refractivity contribution in [2.45, 2.75) is 50.2 Å². The number of rotatable bonds is 5. The molecule has 3 rings (SSSR count). The fourth-order valence-corrected chi connectivity index (χ4v) is 3.75. The Bertz CT molecular complexity index is 722. The third kappa shape index (κ3) is 4.41. The molecule has 0 aromatic carbocycles. The first-order chi connectivity index (χ1) is 12.1. The van der Waals surface area contributed by atoms with E-state index in [0.717, 1.165) is 12.8 Å². The molecule has 2 aromatic heterocycles. The summed E-state index contributed by atoms with van der Waals surface area (Å²) in [5, 5.41) is 9.24. The van der Waals surface area contributed by atoms with Gasteiger partial charge in [0.05, 0.1) is 12.0 Å². The maximum absolute atomic E-state index is 11.8. The van der Waals surface area contributed by atoms with Crippen LogP contribution in [-0.4, -0.2) is 32.3 Å². The molecular formula is C16H21N5O3S. The van der Waals surface area contributed by atoms with Gasteiger partial charge in [0.2, 0.25) is 17.6 Å². The third-order valence-electron chi connectivity index (χ3n) is 4.06. The molecule has 8 nitrogen and oxygen atoms in total. The first-order valence-electron chi connectivity index (χ1n) is 8.32. The van der Waals surface area contributed by atoms with E-state index in [9.17, 15) is 9.59 Å². The molecule has 1 aliphatic rings. The Labute approximate surface area is 149 Å². The molecule has 25 heavy (non-hydrogen) atoms. The molecule has 2 aromatic rings. The van der Waals surface area contributed by atoms with Gasteiger partial charge in [-0.1, -0.05) is 31.0 Å². The van der Waals surface area contributed by atoms with Gasteiger partial charge in [-0.25, -0.2) is 0 Å². The van der Waals surface area contributed by atoms with E-state index < -0.39 is 0 Å². The lowest BCUT2D eigenvalue weighted by atomic mass is 9.95. The van der Waals surface area contributed by atoms with Crippen LogP contribution in [0.3, 0.4) is 0 Å². The number of nitrogens with zero attached hydrogens (tertiary/aromatic N) is 3. The molecule has 0 aliphatic heterocycles. The van der Waals surface area contributed by atoms with Gasteiger partial charge in [0, 0.05) is 13.0 Å².